The van der Waals surface area contributed by atoms with Gasteiger partial charge in [-0.05, 0) is 23.6 Å². The van der Waals surface area contributed by atoms with Crippen LogP contribution in [-0.2, 0) is 16.4 Å². The fraction of sp³-hybridized carbons (Fsp3) is 0.462. The lowest BCUT2D eigenvalue weighted by Gasteiger charge is -2.16. The van der Waals surface area contributed by atoms with Crippen LogP contribution in [0, 0.1) is 0 Å². The highest BCUT2D eigenvalue weighted by atomic mass is 35.5. The lowest BCUT2D eigenvalue weighted by Crippen LogP contribution is -2.31. The smallest absolute Gasteiger partial charge is 0.226 e. The van der Waals surface area contributed by atoms with Crippen LogP contribution in [0.3, 0.4) is 0 Å². The molecule has 0 amide bonds. The van der Waals surface area contributed by atoms with E-state index in [1.807, 2.05) is 0 Å². The molecule has 0 radical (unpaired) electrons. The molecule has 2 rings (SSSR count). The number of halogens is 4. The lowest BCUT2D eigenvalue weighted by atomic mass is 10.0. The van der Waals surface area contributed by atoms with Gasteiger partial charge in [-0.3, -0.25) is 0 Å². The Morgan fingerprint density at radius 2 is 1.88 bits per heavy atom. The average Bonchev–Trinajstić information content (AvgIpc) is 2.88. The Balaban J connectivity index is 2.96. The molecule has 0 aliphatic heterocycles. The van der Waals surface area contributed by atoms with Crippen molar-refractivity contribution in [3.63, 3.8) is 0 Å². The van der Waals surface area contributed by atoms with Crippen LogP contribution in [0.1, 0.15) is 31.2 Å². The van der Waals surface area contributed by atoms with Crippen LogP contribution in [-0.4, -0.2) is 46.0 Å². The monoisotopic (exact) mass is 397 g/mol. The molecule has 7 nitrogen and oxygen atoms in total. The Morgan fingerprint density at radius 3 is 2.32 bits per heavy atom. The number of alkyl halides is 3. The van der Waals surface area contributed by atoms with Crippen LogP contribution >= 0.6 is 11.6 Å². The first-order chi connectivity index (χ1) is 11.4. The van der Waals surface area contributed by atoms with Crippen molar-refractivity contribution in [1.29, 1.82) is 0 Å². The summed E-state index contributed by atoms with van der Waals surface area (Å²) in [6, 6.07) is 1.22. The molecule has 2 heterocycles. The minimum absolute atomic E-state index is 0.143. The van der Waals surface area contributed by atoms with E-state index in [1.165, 1.54) is 26.4 Å². The highest BCUT2D eigenvalue weighted by molar-refractivity contribution is 7.87. The third kappa shape index (κ3) is 3.62. The molecule has 0 aliphatic rings. The van der Waals surface area contributed by atoms with E-state index in [2.05, 4.69) is 15.1 Å². The van der Waals surface area contributed by atoms with Gasteiger partial charge in [0.1, 0.15) is 0 Å². The Labute approximate surface area is 147 Å². The largest absolute Gasteiger partial charge is 0.435 e. The molecule has 0 aliphatic carbocycles. The summed E-state index contributed by atoms with van der Waals surface area (Å²) in [7, 11) is -1.86. The van der Waals surface area contributed by atoms with E-state index in [0.29, 0.717) is 4.09 Å². The Hall–Kier alpha value is -1.72. The van der Waals surface area contributed by atoms with E-state index in [4.69, 9.17) is 11.6 Å². The molecule has 0 atom stereocenters. The summed E-state index contributed by atoms with van der Waals surface area (Å²) in [5, 5.41) is 3.10. The molecule has 138 valence electrons. The molecule has 25 heavy (non-hydrogen) atoms. The standard InChI is InChI=1S/C13H15ClF3N5O2S/c1-7(2)10-9(8-5-6-18-12(14)19-8)11(13(15,16)17)20-22(10)25(23,24)21(3)4/h5-7H,1-4H3. The molecule has 0 saturated heterocycles. The molecule has 0 spiro atoms. The highest BCUT2D eigenvalue weighted by Crippen LogP contribution is 2.41. The number of nitrogens with zero attached hydrogens (tertiary/aromatic N) is 5. The molecular formula is C13H15ClF3N5O2S. The highest BCUT2D eigenvalue weighted by Gasteiger charge is 2.42. The van der Waals surface area contributed by atoms with Gasteiger partial charge in [-0.25, -0.2) is 9.97 Å². The third-order valence-electron chi connectivity index (χ3n) is 3.27. The summed E-state index contributed by atoms with van der Waals surface area (Å²) in [4.78, 5) is 7.43. The first-order valence-electron chi connectivity index (χ1n) is 6.99. The van der Waals surface area contributed by atoms with Gasteiger partial charge in [-0.2, -0.15) is 31.0 Å². The zero-order valence-electron chi connectivity index (χ0n) is 13.7. The maximum atomic E-state index is 13.5. The van der Waals surface area contributed by atoms with Crippen molar-refractivity contribution < 1.29 is 21.6 Å². The topological polar surface area (TPSA) is 81.0 Å². The third-order valence-corrected chi connectivity index (χ3v) is 5.09. The Morgan fingerprint density at radius 1 is 1.28 bits per heavy atom. The van der Waals surface area contributed by atoms with Crippen LogP contribution in [0.15, 0.2) is 12.3 Å². The minimum Gasteiger partial charge on any atom is -0.226 e. The van der Waals surface area contributed by atoms with E-state index in [0.717, 1.165) is 4.31 Å². The fourth-order valence-corrected chi connectivity index (χ4v) is 3.37. The van der Waals surface area contributed by atoms with Crippen molar-refractivity contribution >= 4 is 21.8 Å². The normalized spacial score (nSPS) is 13.0. The SMILES string of the molecule is CC(C)c1c(-c2ccnc(Cl)n2)c(C(F)(F)F)nn1S(=O)(=O)N(C)C. The van der Waals surface area contributed by atoms with Crippen LogP contribution < -0.4 is 0 Å². The van der Waals surface area contributed by atoms with Crippen LogP contribution in [0.25, 0.3) is 11.3 Å². The maximum absolute atomic E-state index is 13.5. The van der Waals surface area contributed by atoms with Gasteiger partial charge in [0.25, 0.3) is 0 Å². The number of rotatable bonds is 4. The van der Waals surface area contributed by atoms with Crippen LogP contribution in [0.5, 0.6) is 0 Å². The van der Waals surface area contributed by atoms with E-state index in [1.54, 1.807) is 13.8 Å². The van der Waals surface area contributed by atoms with Gasteiger partial charge >= 0.3 is 16.4 Å². The summed E-state index contributed by atoms with van der Waals surface area (Å²) in [5.41, 5.74) is -2.08. The fourth-order valence-electron chi connectivity index (χ4n) is 2.18. The molecular weight excluding hydrogens is 383 g/mol. The van der Waals surface area contributed by atoms with Gasteiger partial charge in [0.2, 0.25) is 5.28 Å². The van der Waals surface area contributed by atoms with E-state index in [9.17, 15) is 21.6 Å². The number of aromatic nitrogens is 4. The van der Waals surface area contributed by atoms with Crippen molar-refractivity contribution in [2.75, 3.05) is 14.1 Å². The van der Waals surface area contributed by atoms with Gasteiger partial charge in [-0.1, -0.05) is 13.8 Å². The molecule has 2 aromatic rings. The van der Waals surface area contributed by atoms with Crippen molar-refractivity contribution in [3.05, 3.63) is 28.9 Å². The summed E-state index contributed by atoms with van der Waals surface area (Å²) < 4.78 is 66.6. The molecule has 0 fully saturated rings. The van der Waals surface area contributed by atoms with E-state index in [-0.39, 0.29) is 16.7 Å². The molecule has 2 aromatic heterocycles. The molecule has 0 unspecified atom stereocenters. The summed E-state index contributed by atoms with van der Waals surface area (Å²) in [6.45, 7) is 3.12. The van der Waals surface area contributed by atoms with Gasteiger partial charge in [0, 0.05) is 20.3 Å². The first-order valence-corrected chi connectivity index (χ1v) is 8.77. The summed E-state index contributed by atoms with van der Waals surface area (Å²) in [6.07, 6.45) is -3.70. The molecule has 12 heteroatoms. The average molecular weight is 398 g/mol. The lowest BCUT2D eigenvalue weighted by molar-refractivity contribution is -0.140. The van der Waals surface area contributed by atoms with Crippen LogP contribution in [0.4, 0.5) is 13.2 Å². The Kier molecular flexibility index (Phi) is 5.13. The molecule has 0 saturated carbocycles. The quantitative estimate of drug-likeness (QED) is 0.741. The second kappa shape index (κ2) is 6.54. The second-order valence-corrected chi connectivity index (χ2v) is 7.92. The van der Waals surface area contributed by atoms with E-state index < -0.39 is 33.6 Å². The molecule has 0 N–H and O–H groups in total. The predicted molar refractivity (Wildman–Crippen MR) is 85.4 cm³/mol. The second-order valence-electron chi connectivity index (χ2n) is 5.61. The van der Waals surface area contributed by atoms with Gasteiger partial charge in [-0.15, -0.1) is 4.09 Å². The molecule has 0 bridgehead atoms. The van der Waals surface area contributed by atoms with E-state index >= 15 is 0 Å². The number of hydrogen-bond donors (Lipinski definition) is 0. The predicted octanol–water partition coefficient (Wildman–Crippen LogP) is 2.79. The maximum Gasteiger partial charge on any atom is 0.435 e. The van der Waals surface area contributed by atoms with Crippen molar-refractivity contribution in [2.45, 2.75) is 25.9 Å². The van der Waals surface area contributed by atoms with Crippen molar-refractivity contribution in [3.8, 4) is 11.3 Å². The first kappa shape index (κ1) is 19.6. The molecule has 0 aromatic carbocycles. The Bertz CT molecular complexity index is 894. The summed E-state index contributed by atoms with van der Waals surface area (Å²) >= 11 is 5.68. The van der Waals surface area contributed by atoms with Gasteiger partial charge in [0.05, 0.1) is 17.0 Å². The van der Waals surface area contributed by atoms with Gasteiger partial charge in [0.15, 0.2) is 5.69 Å². The number of hydrogen-bond acceptors (Lipinski definition) is 5. The van der Waals surface area contributed by atoms with Crippen molar-refractivity contribution in [1.82, 2.24) is 23.5 Å². The summed E-state index contributed by atoms with van der Waals surface area (Å²) in [5.74, 6) is -0.595. The van der Waals surface area contributed by atoms with Crippen LogP contribution in [0.2, 0.25) is 5.28 Å². The zero-order chi connectivity index (χ0) is 19.2. The minimum atomic E-state index is -4.89. The zero-order valence-corrected chi connectivity index (χ0v) is 15.3. The van der Waals surface area contributed by atoms with Crippen molar-refractivity contribution in [2.24, 2.45) is 0 Å². The van der Waals surface area contributed by atoms with Gasteiger partial charge < -0.3 is 0 Å².